The monoisotopic (exact) mass is 184 g/mol. The van der Waals surface area contributed by atoms with Crippen LogP contribution in [-0.4, -0.2) is 12.4 Å². The van der Waals surface area contributed by atoms with E-state index in [0.717, 1.165) is 18.3 Å². The fourth-order valence-corrected chi connectivity index (χ4v) is 3.37. The number of rotatable bonds is 0. The standard InChI is InChI=1S/C10H16OS/c1-7-5-8(2)10-9(6-7)12-4-3-11-10/h7-8H,3-6H2,1-2H3/t7-,8+/m0/s1. The maximum absolute atomic E-state index is 5.70. The molecule has 0 fully saturated rings. The molecule has 68 valence electrons. The van der Waals surface area contributed by atoms with Crippen molar-refractivity contribution < 1.29 is 4.74 Å². The van der Waals surface area contributed by atoms with E-state index in [4.69, 9.17) is 4.74 Å². The highest BCUT2D eigenvalue weighted by atomic mass is 32.2. The first-order valence-electron chi connectivity index (χ1n) is 4.76. The largest absolute Gasteiger partial charge is 0.496 e. The lowest BCUT2D eigenvalue weighted by molar-refractivity contribution is 0.170. The first kappa shape index (κ1) is 8.49. The normalized spacial score (nSPS) is 35.8. The summed E-state index contributed by atoms with van der Waals surface area (Å²) < 4.78 is 5.70. The van der Waals surface area contributed by atoms with Crippen molar-refractivity contribution in [3.05, 3.63) is 10.7 Å². The van der Waals surface area contributed by atoms with Crippen molar-refractivity contribution in [1.29, 1.82) is 0 Å². The molecule has 0 aromatic rings. The second-order valence-corrected chi connectivity index (χ2v) is 5.12. The minimum atomic E-state index is 0.663. The van der Waals surface area contributed by atoms with Crippen molar-refractivity contribution >= 4 is 11.8 Å². The van der Waals surface area contributed by atoms with E-state index in [0.29, 0.717) is 5.92 Å². The highest BCUT2D eigenvalue weighted by molar-refractivity contribution is 8.03. The average molecular weight is 184 g/mol. The lowest BCUT2D eigenvalue weighted by atomic mass is 9.87. The number of hydrogen-bond donors (Lipinski definition) is 0. The second-order valence-electron chi connectivity index (χ2n) is 3.93. The van der Waals surface area contributed by atoms with Crippen LogP contribution in [0.2, 0.25) is 0 Å². The summed E-state index contributed by atoms with van der Waals surface area (Å²) in [5.41, 5.74) is 0. The molecule has 0 N–H and O–H groups in total. The zero-order valence-corrected chi connectivity index (χ0v) is 8.62. The molecular formula is C10H16OS. The third-order valence-corrected chi connectivity index (χ3v) is 3.72. The Morgan fingerprint density at radius 1 is 1.42 bits per heavy atom. The van der Waals surface area contributed by atoms with Crippen LogP contribution in [0.3, 0.4) is 0 Å². The van der Waals surface area contributed by atoms with Crippen LogP contribution in [0.15, 0.2) is 10.7 Å². The Hall–Kier alpha value is -0.110. The molecule has 2 atom stereocenters. The highest BCUT2D eigenvalue weighted by Crippen LogP contribution is 2.41. The van der Waals surface area contributed by atoms with E-state index in [1.54, 1.807) is 0 Å². The third kappa shape index (κ3) is 1.49. The molecule has 1 heterocycles. The van der Waals surface area contributed by atoms with Gasteiger partial charge < -0.3 is 4.74 Å². The van der Waals surface area contributed by atoms with Gasteiger partial charge >= 0.3 is 0 Å². The first-order valence-corrected chi connectivity index (χ1v) is 5.74. The number of hydrogen-bond acceptors (Lipinski definition) is 2. The van der Waals surface area contributed by atoms with Crippen LogP contribution in [0.25, 0.3) is 0 Å². The van der Waals surface area contributed by atoms with Gasteiger partial charge in [0.1, 0.15) is 5.76 Å². The molecule has 0 saturated carbocycles. The Kier molecular flexibility index (Phi) is 2.35. The minimum absolute atomic E-state index is 0.663. The van der Waals surface area contributed by atoms with E-state index in [1.165, 1.54) is 23.5 Å². The maximum Gasteiger partial charge on any atom is 0.108 e. The number of ether oxygens (including phenoxy) is 1. The van der Waals surface area contributed by atoms with Gasteiger partial charge in [-0.3, -0.25) is 0 Å². The van der Waals surface area contributed by atoms with E-state index in [9.17, 15) is 0 Å². The molecule has 0 saturated heterocycles. The van der Waals surface area contributed by atoms with Gasteiger partial charge in [-0.2, -0.15) is 0 Å². The fourth-order valence-electron chi connectivity index (χ4n) is 2.16. The summed E-state index contributed by atoms with van der Waals surface area (Å²) in [7, 11) is 0. The molecule has 0 aromatic heterocycles. The molecule has 0 amide bonds. The van der Waals surface area contributed by atoms with Gasteiger partial charge in [0.05, 0.1) is 6.61 Å². The molecule has 1 nitrogen and oxygen atoms in total. The topological polar surface area (TPSA) is 9.23 Å². The number of allylic oxidation sites excluding steroid dienone is 2. The van der Waals surface area contributed by atoms with Gasteiger partial charge in [0.2, 0.25) is 0 Å². The Morgan fingerprint density at radius 3 is 3.08 bits per heavy atom. The molecule has 2 aliphatic rings. The van der Waals surface area contributed by atoms with Gasteiger partial charge in [0.25, 0.3) is 0 Å². The Labute approximate surface area is 78.6 Å². The molecule has 1 aliphatic carbocycles. The minimum Gasteiger partial charge on any atom is -0.496 e. The van der Waals surface area contributed by atoms with Crippen LogP contribution < -0.4 is 0 Å². The third-order valence-electron chi connectivity index (χ3n) is 2.63. The summed E-state index contributed by atoms with van der Waals surface area (Å²) in [5.74, 6) is 3.98. The van der Waals surface area contributed by atoms with Gasteiger partial charge in [-0.15, -0.1) is 11.8 Å². The van der Waals surface area contributed by atoms with Gasteiger partial charge in [-0.1, -0.05) is 13.8 Å². The maximum atomic E-state index is 5.70. The molecule has 0 bridgehead atoms. The zero-order valence-electron chi connectivity index (χ0n) is 7.80. The van der Waals surface area contributed by atoms with E-state index in [1.807, 2.05) is 11.8 Å². The summed E-state index contributed by atoms with van der Waals surface area (Å²) in [5, 5.41) is 0. The van der Waals surface area contributed by atoms with Crippen LogP contribution in [0.5, 0.6) is 0 Å². The van der Waals surface area contributed by atoms with E-state index in [-0.39, 0.29) is 0 Å². The summed E-state index contributed by atoms with van der Waals surface area (Å²) in [6.07, 6.45) is 2.56. The van der Waals surface area contributed by atoms with Gasteiger partial charge in [0, 0.05) is 16.6 Å². The van der Waals surface area contributed by atoms with Crippen molar-refractivity contribution in [3.8, 4) is 0 Å². The average Bonchev–Trinajstić information content (AvgIpc) is 2.04. The van der Waals surface area contributed by atoms with E-state index in [2.05, 4.69) is 13.8 Å². The first-order chi connectivity index (χ1) is 5.77. The molecule has 12 heavy (non-hydrogen) atoms. The molecule has 0 aromatic carbocycles. The van der Waals surface area contributed by atoms with Crippen molar-refractivity contribution in [2.24, 2.45) is 11.8 Å². The summed E-state index contributed by atoms with van der Waals surface area (Å²) in [6, 6.07) is 0. The molecule has 0 unspecified atom stereocenters. The molecule has 0 spiro atoms. The van der Waals surface area contributed by atoms with Gasteiger partial charge in [-0.25, -0.2) is 0 Å². The van der Waals surface area contributed by atoms with Crippen molar-refractivity contribution in [3.63, 3.8) is 0 Å². The molecular weight excluding hydrogens is 168 g/mol. The van der Waals surface area contributed by atoms with Crippen LogP contribution in [0.4, 0.5) is 0 Å². The van der Waals surface area contributed by atoms with Crippen LogP contribution >= 0.6 is 11.8 Å². The SMILES string of the molecule is C[C@@H]1CC2=C(OCCS2)[C@H](C)C1. The smallest absolute Gasteiger partial charge is 0.108 e. The number of thioether (sulfide) groups is 1. The summed E-state index contributed by atoms with van der Waals surface area (Å²) >= 11 is 2.01. The molecule has 1 aliphatic heterocycles. The van der Waals surface area contributed by atoms with E-state index < -0.39 is 0 Å². The van der Waals surface area contributed by atoms with Gasteiger partial charge in [0.15, 0.2) is 0 Å². The predicted octanol–water partition coefficient (Wildman–Crippen LogP) is 3.03. The molecule has 2 rings (SSSR count). The van der Waals surface area contributed by atoms with Crippen LogP contribution in [-0.2, 0) is 4.74 Å². The van der Waals surface area contributed by atoms with Crippen LogP contribution in [0, 0.1) is 11.8 Å². The Bertz CT molecular complexity index is 210. The van der Waals surface area contributed by atoms with E-state index >= 15 is 0 Å². The predicted molar refractivity (Wildman–Crippen MR) is 53.0 cm³/mol. The lowest BCUT2D eigenvalue weighted by Gasteiger charge is -2.32. The Balaban J connectivity index is 2.20. The van der Waals surface area contributed by atoms with Gasteiger partial charge in [-0.05, 0) is 18.8 Å². The highest BCUT2D eigenvalue weighted by Gasteiger charge is 2.27. The lowest BCUT2D eigenvalue weighted by Crippen LogP contribution is -2.20. The molecule has 2 heteroatoms. The Morgan fingerprint density at radius 2 is 2.25 bits per heavy atom. The fraction of sp³-hybridized carbons (Fsp3) is 0.800. The summed E-state index contributed by atoms with van der Waals surface area (Å²) in [6.45, 7) is 5.55. The second kappa shape index (κ2) is 3.33. The van der Waals surface area contributed by atoms with Crippen molar-refractivity contribution in [1.82, 2.24) is 0 Å². The van der Waals surface area contributed by atoms with Crippen molar-refractivity contribution in [2.75, 3.05) is 12.4 Å². The van der Waals surface area contributed by atoms with Crippen LogP contribution in [0.1, 0.15) is 26.7 Å². The van der Waals surface area contributed by atoms with Crippen molar-refractivity contribution in [2.45, 2.75) is 26.7 Å². The quantitative estimate of drug-likeness (QED) is 0.572. The summed E-state index contributed by atoms with van der Waals surface area (Å²) in [4.78, 5) is 1.53. The molecule has 0 radical (unpaired) electrons. The zero-order chi connectivity index (χ0) is 8.55.